The van der Waals surface area contributed by atoms with Crippen molar-refractivity contribution in [3.8, 4) is 17.4 Å². The topological polar surface area (TPSA) is 91.9 Å². The van der Waals surface area contributed by atoms with Gasteiger partial charge in [-0.3, -0.25) is 4.79 Å². The zero-order valence-electron chi connectivity index (χ0n) is 20.0. The van der Waals surface area contributed by atoms with Crippen molar-refractivity contribution >= 4 is 23.1 Å². The first-order valence-corrected chi connectivity index (χ1v) is 11.7. The number of hydrogen-bond acceptors (Lipinski definition) is 8. The molecule has 0 spiro atoms. The first kappa shape index (κ1) is 24.6. The number of carbonyl (C=O) groups excluding carboxylic acids is 1. The number of nitrogens with one attached hydrogen (secondary N) is 2. The maximum atomic E-state index is 13.6. The Morgan fingerprint density at radius 1 is 1.08 bits per heavy atom. The van der Waals surface area contributed by atoms with Crippen LogP contribution in [-0.2, 0) is 6.18 Å². The van der Waals surface area contributed by atoms with E-state index in [1.165, 1.54) is 18.5 Å². The zero-order chi connectivity index (χ0) is 26.0. The van der Waals surface area contributed by atoms with Crippen molar-refractivity contribution in [2.24, 2.45) is 0 Å². The molecule has 194 valence electrons. The van der Waals surface area contributed by atoms with E-state index in [9.17, 15) is 18.0 Å². The fraction of sp³-hybridized carbons (Fsp3) is 0.320. The number of alkyl halides is 3. The molecule has 1 aromatic heterocycles. The van der Waals surface area contributed by atoms with Crippen molar-refractivity contribution in [1.29, 1.82) is 0 Å². The fourth-order valence-corrected chi connectivity index (χ4v) is 4.09. The van der Waals surface area contributed by atoms with Gasteiger partial charge in [-0.05, 0) is 49.5 Å². The summed E-state index contributed by atoms with van der Waals surface area (Å²) in [5, 5.41) is 5.69. The number of ether oxygens (including phenoxy) is 2. The van der Waals surface area contributed by atoms with Crippen LogP contribution in [0.1, 0.15) is 15.9 Å². The molecule has 1 fully saturated rings. The molecule has 2 aliphatic rings. The largest absolute Gasteiger partial charge is 0.483 e. The van der Waals surface area contributed by atoms with E-state index in [1.54, 1.807) is 18.2 Å². The quantitative estimate of drug-likeness (QED) is 0.526. The Morgan fingerprint density at radius 2 is 1.84 bits per heavy atom. The van der Waals surface area contributed by atoms with Gasteiger partial charge < -0.3 is 29.9 Å². The van der Waals surface area contributed by atoms with E-state index >= 15 is 0 Å². The molecule has 3 heterocycles. The first-order valence-electron chi connectivity index (χ1n) is 11.7. The molecule has 9 nitrogen and oxygen atoms in total. The van der Waals surface area contributed by atoms with E-state index < -0.39 is 17.6 Å². The van der Waals surface area contributed by atoms with Gasteiger partial charge in [-0.25, -0.2) is 4.98 Å². The standard InChI is InChI=1S/C25H25F3N6O3/c1-33-7-9-34(10-8-33)19-13-17(25(26,27)28)12-18(14-19)32-23(35)16-2-4-20(5-3-16)37-24-21-22(30-15-31-24)29-6-11-36-21/h2-5,12-15H,6-11H2,1H3,(H,32,35)(H,29,30,31). The Hall–Kier alpha value is -4.06. The molecule has 5 rings (SSSR count). The first-order chi connectivity index (χ1) is 17.8. The van der Waals surface area contributed by atoms with E-state index in [0.29, 0.717) is 49.2 Å². The molecular formula is C25H25F3N6O3. The lowest BCUT2D eigenvalue weighted by Gasteiger charge is -2.34. The van der Waals surface area contributed by atoms with Crippen LogP contribution in [0.15, 0.2) is 48.8 Å². The molecule has 1 saturated heterocycles. The van der Waals surface area contributed by atoms with Gasteiger partial charge in [-0.15, -0.1) is 0 Å². The van der Waals surface area contributed by atoms with Gasteiger partial charge in [0.15, 0.2) is 5.82 Å². The van der Waals surface area contributed by atoms with Crippen molar-refractivity contribution in [1.82, 2.24) is 14.9 Å². The Balaban J connectivity index is 1.31. The maximum absolute atomic E-state index is 13.6. The van der Waals surface area contributed by atoms with E-state index in [1.807, 2.05) is 11.9 Å². The summed E-state index contributed by atoms with van der Waals surface area (Å²) in [6, 6.07) is 9.82. The number of hydrogen-bond donors (Lipinski definition) is 2. The van der Waals surface area contributed by atoms with Gasteiger partial charge >= 0.3 is 6.18 Å². The fourth-order valence-electron chi connectivity index (χ4n) is 4.09. The van der Waals surface area contributed by atoms with Gasteiger partial charge in [0.1, 0.15) is 18.7 Å². The Kier molecular flexibility index (Phi) is 6.74. The number of nitrogens with zero attached hydrogens (tertiary/aromatic N) is 4. The number of aromatic nitrogens is 2. The number of likely N-dealkylation sites (N-methyl/N-ethyl adjacent to an activating group) is 1. The predicted molar refractivity (Wildman–Crippen MR) is 132 cm³/mol. The van der Waals surface area contributed by atoms with Gasteiger partial charge in [0, 0.05) is 43.1 Å². The molecule has 0 bridgehead atoms. The summed E-state index contributed by atoms with van der Waals surface area (Å²) in [6.07, 6.45) is -3.19. The molecule has 0 atom stereocenters. The van der Waals surface area contributed by atoms with E-state index in [2.05, 4.69) is 25.5 Å². The van der Waals surface area contributed by atoms with Crippen LogP contribution >= 0.6 is 0 Å². The minimum Gasteiger partial charge on any atom is -0.483 e. The van der Waals surface area contributed by atoms with Crippen molar-refractivity contribution in [3.63, 3.8) is 0 Å². The highest BCUT2D eigenvalue weighted by Gasteiger charge is 2.32. The summed E-state index contributed by atoms with van der Waals surface area (Å²) in [6.45, 7) is 3.75. The van der Waals surface area contributed by atoms with Gasteiger partial charge in [-0.1, -0.05) is 0 Å². The molecule has 0 saturated carbocycles. The van der Waals surface area contributed by atoms with E-state index in [-0.39, 0.29) is 17.1 Å². The van der Waals surface area contributed by atoms with Crippen LogP contribution in [0.5, 0.6) is 17.4 Å². The molecule has 12 heteroatoms. The highest BCUT2D eigenvalue weighted by atomic mass is 19.4. The molecule has 0 unspecified atom stereocenters. The molecular weight excluding hydrogens is 489 g/mol. The Labute approximate surface area is 211 Å². The molecule has 37 heavy (non-hydrogen) atoms. The normalized spacial score (nSPS) is 15.8. The number of halogens is 3. The summed E-state index contributed by atoms with van der Waals surface area (Å²) in [4.78, 5) is 25.1. The molecule has 2 N–H and O–H groups in total. The molecule has 2 aromatic carbocycles. The average Bonchev–Trinajstić information content (AvgIpc) is 2.89. The highest BCUT2D eigenvalue weighted by Crippen LogP contribution is 2.37. The second kappa shape index (κ2) is 10.1. The molecule has 1 amide bonds. The SMILES string of the molecule is CN1CCN(c2cc(NC(=O)c3ccc(Oc4ncnc5c4OCCN5)cc3)cc(C(F)(F)F)c2)CC1. The predicted octanol–water partition coefficient (Wildman–Crippen LogP) is 4.10. The summed E-state index contributed by atoms with van der Waals surface area (Å²) >= 11 is 0. The van der Waals surface area contributed by atoms with Crippen molar-refractivity contribution < 1.29 is 27.4 Å². The monoisotopic (exact) mass is 514 g/mol. The highest BCUT2D eigenvalue weighted by molar-refractivity contribution is 6.04. The molecule has 2 aliphatic heterocycles. The molecule has 3 aromatic rings. The number of benzene rings is 2. The van der Waals surface area contributed by atoms with Crippen LogP contribution in [0.25, 0.3) is 0 Å². The minimum atomic E-state index is -4.54. The van der Waals surface area contributed by atoms with Crippen LogP contribution in [0.3, 0.4) is 0 Å². The van der Waals surface area contributed by atoms with Crippen LogP contribution in [0.2, 0.25) is 0 Å². The lowest BCUT2D eigenvalue weighted by Crippen LogP contribution is -2.44. The number of carbonyl (C=O) groups is 1. The zero-order valence-corrected chi connectivity index (χ0v) is 20.0. The number of piperazine rings is 1. The van der Waals surface area contributed by atoms with Crippen molar-refractivity contribution in [3.05, 3.63) is 59.9 Å². The molecule has 0 radical (unpaired) electrons. The average molecular weight is 515 g/mol. The lowest BCUT2D eigenvalue weighted by atomic mass is 10.1. The van der Waals surface area contributed by atoms with Crippen LogP contribution in [0, 0.1) is 0 Å². The van der Waals surface area contributed by atoms with Gasteiger partial charge in [0.25, 0.3) is 11.8 Å². The number of fused-ring (bicyclic) bond motifs is 1. The van der Waals surface area contributed by atoms with Gasteiger partial charge in [-0.2, -0.15) is 18.2 Å². The summed E-state index contributed by atoms with van der Waals surface area (Å²) in [5.41, 5.74) is -0.0559. The maximum Gasteiger partial charge on any atom is 0.416 e. The third-order valence-corrected chi connectivity index (χ3v) is 6.11. The van der Waals surface area contributed by atoms with Crippen LogP contribution in [-0.4, -0.2) is 67.2 Å². The minimum absolute atomic E-state index is 0.0753. The third-order valence-electron chi connectivity index (χ3n) is 6.11. The van der Waals surface area contributed by atoms with Crippen molar-refractivity contribution in [2.45, 2.75) is 6.18 Å². The van der Waals surface area contributed by atoms with Crippen LogP contribution in [0.4, 0.5) is 30.4 Å². The second-order valence-corrected chi connectivity index (χ2v) is 8.77. The summed E-state index contributed by atoms with van der Waals surface area (Å²) < 4.78 is 52.1. The number of rotatable bonds is 5. The molecule has 0 aliphatic carbocycles. The third kappa shape index (κ3) is 5.69. The number of anilines is 3. The van der Waals surface area contributed by atoms with E-state index in [0.717, 1.165) is 25.2 Å². The summed E-state index contributed by atoms with van der Waals surface area (Å²) in [5.74, 6) is 1.03. The Morgan fingerprint density at radius 3 is 2.57 bits per heavy atom. The van der Waals surface area contributed by atoms with Crippen molar-refractivity contribution in [2.75, 3.05) is 61.9 Å². The van der Waals surface area contributed by atoms with E-state index in [4.69, 9.17) is 9.47 Å². The second-order valence-electron chi connectivity index (χ2n) is 8.77. The van der Waals surface area contributed by atoms with Gasteiger partial charge in [0.05, 0.1) is 12.1 Å². The van der Waals surface area contributed by atoms with Crippen LogP contribution < -0.4 is 25.0 Å². The Bertz CT molecular complexity index is 1280. The van der Waals surface area contributed by atoms with Gasteiger partial charge in [0.2, 0.25) is 5.75 Å². The summed E-state index contributed by atoms with van der Waals surface area (Å²) in [7, 11) is 1.97. The smallest absolute Gasteiger partial charge is 0.416 e. The lowest BCUT2D eigenvalue weighted by molar-refractivity contribution is -0.137. The number of amides is 1.